The molecule has 0 aliphatic carbocycles. The lowest BCUT2D eigenvalue weighted by Gasteiger charge is -2.36. The molecule has 6 amide bonds. The van der Waals surface area contributed by atoms with E-state index in [1.54, 1.807) is 30.9 Å². The Kier molecular flexibility index (Phi) is 17.9. The highest BCUT2D eigenvalue weighted by atomic mass is 79.9. The monoisotopic (exact) mass is 740 g/mol. The summed E-state index contributed by atoms with van der Waals surface area (Å²) in [5.74, 6) is -2.55. The lowest BCUT2D eigenvalue weighted by atomic mass is 9.91. The molecule has 0 saturated carbocycles. The Bertz CT molecular complexity index is 1230. The quantitative estimate of drug-likeness (QED) is 0.0789. The van der Waals surface area contributed by atoms with Gasteiger partial charge in [0.2, 0.25) is 23.6 Å². The van der Waals surface area contributed by atoms with Crippen LogP contribution >= 0.6 is 15.9 Å². The van der Waals surface area contributed by atoms with Crippen LogP contribution < -0.4 is 27.0 Å². The number of halogens is 1. The highest BCUT2D eigenvalue weighted by Crippen LogP contribution is 2.24. The van der Waals surface area contributed by atoms with Crippen molar-refractivity contribution in [2.75, 3.05) is 51.9 Å². The van der Waals surface area contributed by atoms with Gasteiger partial charge < -0.3 is 46.1 Å². The van der Waals surface area contributed by atoms with E-state index in [1.807, 2.05) is 19.1 Å². The average molecular weight is 742 g/mol. The highest BCUT2D eigenvalue weighted by Gasteiger charge is 2.33. The molecule has 4 atom stereocenters. The summed E-state index contributed by atoms with van der Waals surface area (Å²) in [5, 5.41) is 11.3. The number of methoxy groups -OCH3 is 1. The van der Waals surface area contributed by atoms with Crippen molar-refractivity contribution in [3.05, 3.63) is 29.8 Å². The summed E-state index contributed by atoms with van der Waals surface area (Å²) in [7, 11) is 1.35. The van der Waals surface area contributed by atoms with E-state index in [0.29, 0.717) is 36.8 Å². The number of carbonyl (C=O) groups excluding carboxylic acids is 6. The van der Waals surface area contributed by atoms with Crippen LogP contribution in [-0.2, 0) is 43.5 Å². The second-order valence-corrected chi connectivity index (χ2v) is 12.4. The van der Waals surface area contributed by atoms with Crippen molar-refractivity contribution in [2.24, 2.45) is 17.6 Å². The summed E-state index contributed by atoms with van der Waals surface area (Å²) in [6.45, 7) is 5.64. The predicted octanol–water partition coefficient (Wildman–Crippen LogP) is 1.43. The Morgan fingerprint density at radius 2 is 1.67 bits per heavy atom. The molecule has 0 aromatic heterocycles. The zero-order valence-electron chi connectivity index (χ0n) is 28.1. The van der Waals surface area contributed by atoms with Crippen LogP contribution in [0.4, 0.5) is 10.5 Å². The van der Waals surface area contributed by atoms with Gasteiger partial charge in [-0.25, -0.2) is 4.79 Å². The second-order valence-electron chi connectivity index (χ2n) is 11.9. The Balaban J connectivity index is 1.82. The largest absolute Gasteiger partial charge is 0.469 e. The van der Waals surface area contributed by atoms with Crippen molar-refractivity contribution < 1.29 is 43.0 Å². The van der Waals surface area contributed by atoms with Crippen LogP contribution in [0.1, 0.15) is 52.0 Å². The number of benzene rings is 1. The van der Waals surface area contributed by atoms with Gasteiger partial charge in [0.1, 0.15) is 25.3 Å². The summed E-state index contributed by atoms with van der Waals surface area (Å²) in [5.41, 5.74) is 6.70. The minimum absolute atomic E-state index is 0.0391. The van der Waals surface area contributed by atoms with Gasteiger partial charge >= 0.3 is 12.0 Å². The number of ether oxygens (including phenoxy) is 3. The maximum Gasteiger partial charge on any atom is 0.312 e. The molecule has 1 aliphatic rings. The van der Waals surface area contributed by atoms with Gasteiger partial charge in [-0.05, 0) is 56.2 Å². The predicted molar refractivity (Wildman–Crippen MR) is 181 cm³/mol. The molecule has 1 aromatic carbocycles. The fourth-order valence-electron chi connectivity index (χ4n) is 5.15. The van der Waals surface area contributed by atoms with Crippen molar-refractivity contribution in [1.29, 1.82) is 0 Å². The minimum Gasteiger partial charge on any atom is -0.469 e. The molecule has 48 heavy (non-hydrogen) atoms. The maximum absolute atomic E-state index is 13.3. The Labute approximate surface area is 289 Å². The van der Waals surface area contributed by atoms with Crippen LogP contribution in [0.2, 0.25) is 0 Å². The fraction of sp³-hybridized carbons (Fsp3) is 0.625. The van der Waals surface area contributed by atoms with Crippen LogP contribution in [0.5, 0.6) is 0 Å². The van der Waals surface area contributed by atoms with Crippen molar-refractivity contribution in [1.82, 2.24) is 20.9 Å². The topological polar surface area (TPSA) is 207 Å². The van der Waals surface area contributed by atoms with Crippen molar-refractivity contribution in [2.45, 2.75) is 69.9 Å². The lowest BCUT2D eigenvalue weighted by molar-refractivity contribution is -0.151. The standard InChI is InChI=1S/C32H49BrN6O9/c1-20(2)28(30(43)37-25(6-5-12-35-32(34)45)29(42)36-24-9-7-22(17-33)8-10-24)38-26(40)18-47-14-15-48-19-27(41)39-13-11-23(16-21(39)3)31(44)46-4/h7-10,20-21,23,25,28H,5-6,11-19H2,1-4H3,(H,36,42)(H,37,43)(H,38,40)(H3,34,35,45)/t21?,23?,25-,28-/m0/s1. The third-order valence-corrected chi connectivity index (χ3v) is 8.45. The molecule has 268 valence electrons. The van der Waals surface area contributed by atoms with E-state index in [1.165, 1.54) is 7.11 Å². The van der Waals surface area contributed by atoms with E-state index < -0.39 is 35.8 Å². The third-order valence-electron chi connectivity index (χ3n) is 7.80. The van der Waals surface area contributed by atoms with Crippen LogP contribution in [0.25, 0.3) is 0 Å². The Morgan fingerprint density at radius 3 is 2.25 bits per heavy atom. The summed E-state index contributed by atoms with van der Waals surface area (Å²) >= 11 is 3.38. The molecule has 0 spiro atoms. The average Bonchev–Trinajstić information content (AvgIpc) is 3.05. The van der Waals surface area contributed by atoms with Gasteiger partial charge in [-0.2, -0.15) is 0 Å². The molecule has 1 heterocycles. The number of carbonyl (C=O) groups is 6. The second kappa shape index (κ2) is 21.3. The van der Waals surface area contributed by atoms with Gasteiger partial charge in [-0.3, -0.25) is 24.0 Å². The maximum atomic E-state index is 13.3. The Hall–Kier alpha value is -3.76. The van der Waals surface area contributed by atoms with Crippen LogP contribution in [0, 0.1) is 11.8 Å². The number of hydrogen-bond donors (Lipinski definition) is 5. The normalized spacial score (nSPS) is 17.2. The van der Waals surface area contributed by atoms with Gasteiger partial charge in [0.25, 0.3) is 0 Å². The third kappa shape index (κ3) is 14.2. The van der Waals surface area contributed by atoms with E-state index in [-0.39, 0.29) is 69.1 Å². The first-order valence-corrected chi connectivity index (χ1v) is 17.1. The molecule has 16 heteroatoms. The molecular weight excluding hydrogens is 692 g/mol. The van der Waals surface area contributed by atoms with Crippen LogP contribution in [0.3, 0.4) is 0 Å². The number of alkyl halides is 1. The van der Waals surface area contributed by atoms with Crippen molar-refractivity contribution >= 4 is 57.2 Å². The number of nitrogens with two attached hydrogens (primary N) is 1. The van der Waals surface area contributed by atoms with Crippen LogP contribution in [0.15, 0.2) is 24.3 Å². The number of esters is 1. The van der Waals surface area contributed by atoms with Gasteiger partial charge in [-0.15, -0.1) is 0 Å². The zero-order valence-corrected chi connectivity index (χ0v) is 29.6. The minimum atomic E-state index is -0.961. The van der Waals surface area contributed by atoms with E-state index in [0.717, 1.165) is 5.56 Å². The summed E-state index contributed by atoms with van der Waals surface area (Å²) < 4.78 is 15.6. The molecule has 6 N–H and O–H groups in total. The van der Waals surface area contributed by atoms with E-state index >= 15 is 0 Å². The summed E-state index contributed by atoms with van der Waals surface area (Å²) in [6.07, 6.45) is 1.62. The molecule has 0 radical (unpaired) electrons. The summed E-state index contributed by atoms with van der Waals surface area (Å²) in [6, 6.07) is 4.47. The van der Waals surface area contributed by atoms with Gasteiger partial charge in [0.15, 0.2) is 0 Å². The number of likely N-dealkylation sites (tertiary alicyclic amines) is 1. The van der Waals surface area contributed by atoms with Gasteiger partial charge in [0.05, 0.1) is 26.2 Å². The van der Waals surface area contributed by atoms with E-state index in [9.17, 15) is 28.8 Å². The summed E-state index contributed by atoms with van der Waals surface area (Å²) in [4.78, 5) is 76.2. The highest BCUT2D eigenvalue weighted by molar-refractivity contribution is 9.08. The lowest BCUT2D eigenvalue weighted by Crippen LogP contribution is -2.55. The number of rotatable bonds is 19. The number of amides is 6. The zero-order chi connectivity index (χ0) is 35.6. The molecule has 2 rings (SSSR count). The molecule has 1 fully saturated rings. The number of anilines is 1. The van der Waals surface area contributed by atoms with Gasteiger partial charge in [-0.1, -0.05) is 41.9 Å². The number of nitrogens with zero attached hydrogens (tertiary/aromatic N) is 1. The Morgan fingerprint density at radius 1 is 1.00 bits per heavy atom. The number of piperidine rings is 1. The number of primary amides is 1. The molecule has 0 bridgehead atoms. The smallest absolute Gasteiger partial charge is 0.312 e. The molecule has 1 aromatic rings. The van der Waals surface area contributed by atoms with Crippen molar-refractivity contribution in [3.63, 3.8) is 0 Å². The van der Waals surface area contributed by atoms with E-state index in [4.69, 9.17) is 19.9 Å². The molecular formula is C32H49BrN6O9. The first-order chi connectivity index (χ1) is 22.9. The van der Waals surface area contributed by atoms with E-state index in [2.05, 4.69) is 37.2 Å². The molecule has 1 saturated heterocycles. The number of urea groups is 1. The SMILES string of the molecule is COC(=O)C1CCN(C(=O)COCCOCC(=O)N[C@H](C(=O)N[C@@H](CCCNC(N)=O)C(=O)Nc2ccc(CBr)cc2)C(C)C)C(C)C1. The first-order valence-electron chi connectivity index (χ1n) is 16.0. The molecule has 2 unspecified atom stereocenters. The van der Waals surface area contributed by atoms with Gasteiger partial charge in [0, 0.05) is 30.1 Å². The molecule has 1 aliphatic heterocycles. The molecule has 15 nitrogen and oxygen atoms in total. The first kappa shape index (κ1) is 40.4. The van der Waals surface area contributed by atoms with Crippen molar-refractivity contribution in [3.8, 4) is 0 Å². The van der Waals surface area contributed by atoms with Crippen LogP contribution in [-0.4, -0.2) is 105 Å². The fourth-order valence-corrected chi connectivity index (χ4v) is 5.53. The number of hydrogen-bond acceptors (Lipinski definition) is 9. The number of nitrogens with one attached hydrogen (secondary N) is 4.